The van der Waals surface area contributed by atoms with E-state index in [1.54, 1.807) is 5.32 Å². The first kappa shape index (κ1) is 18.3. The number of anilines is 1. The highest BCUT2D eigenvalue weighted by atomic mass is 32.2. The lowest BCUT2D eigenvalue weighted by Crippen LogP contribution is -2.41. The van der Waals surface area contributed by atoms with Crippen LogP contribution >= 0.6 is 0 Å². The number of hydrogen-bond acceptors (Lipinski definition) is 4. The van der Waals surface area contributed by atoms with E-state index < -0.39 is 28.3 Å². The van der Waals surface area contributed by atoms with E-state index in [0.717, 1.165) is 24.3 Å². The molecule has 0 unspecified atom stereocenters. The molecule has 0 aliphatic carbocycles. The number of nitrogens with two attached hydrogens (primary N) is 1. The summed E-state index contributed by atoms with van der Waals surface area (Å²) < 4.78 is 75.4. The van der Waals surface area contributed by atoms with Crippen molar-refractivity contribution in [3.8, 4) is 0 Å². The molecule has 0 bridgehead atoms. The van der Waals surface area contributed by atoms with E-state index in [4.69, 9.17) is 5.73 Å². The van der Waals surface area contributed by atoms with Gasteiger partial charge in [-0.1, -0.05) is 6.07 Å². The van der Waals surface area contributed by atoms with E-state index in [0.29, 0.717) is 0 Å². The van der Waals surface area contributed by atoms with Crippen molar-refractivity contribution >= 4 is 21.6 Å². The van der Waals surface area contributed by atoms with E-state index in [2.05, 4.69) is 4.72 Å². The van der Waals surface area contributed by atoms with E-state index in [9.17, 15) is 30.8 Å². The summed E-state index contributed by atoms with van der Waals surface area (Å²) in [6.07, 6.45) is -4.18. The molecule has 0 saturated carbocycles. The van der Waals surface area contributed by atoms with Crippen LogP contribution in [0.25, 0.3) is 0 Å². The van der Waals surface area contributed by atoms with Crippen LogP contribution in [-0.4, -0.2) is 39.8 Å². The molecule has 1 aromatic carbocycles. The first-order valence-electron chi connectivity index (χ1n) is 5.88. The zero-order valence-electron chi connectivity index (χ0n) is 11.0. The maximum Gasteiger partial charge on any atom is 0.383 e. The van der Waals surface area contributed by atoms with Gasteiger partial charge < -0.3 is 11.1 Å². The summed E-state index contributed by atoms with van der Waals surface area (Å²) in [7, 11) is -3.95. The van der Waals surface area contributed by atoms with Crippen molar-refractivity contribution in [1.29, 1.82) is 0 Å². The summed E-state index contributed by atoms with van der Waals surface area (Å²) in [5.74, 6) is -7.11. The number of alkyl halides is 4. The highest BCUT2D eigenvalue weighted by Crippen LogP contribution is 2.25. The van der Waals surface area contributed by atoms with Gasteiger partial charge in [0.1, 0.15) is 0 Å². The fourth-order valence-corrected chi connectivity index (χ4v) is 2.42. The molecule has 0 aliphatic rings. The van der Waals surface area contributed by atoms with Gasteiger partial charge in [0.25, 0.3) is 0 Å². The molecule has 11 heteroatoms. The largest absolute Gasteiger partial charge is 0.383 e. The molecule has 6 nitrogen and oxygen atoms in total. The predicted molar refractivity (Wildman–Crippen MR) is 70.3 cm³/mol. The van der Waals surface area contributed by atoms with Gasteiger partial charge in [-0.05, 0) is 18.2 Å². The average Bonchev–Trinajstić information content (AvgIpc) is 2.45. The van der Waals surface area contributed by atoms with Crippen molar-refractivity contribution < 1.29 is 30.8 Å². The molecule has 0 aromatic heterocycles. The number of nitrogens with one attached hydrogen (secondary N) is 2. The normalized spacial score (nSPS) is 12.5. The molecule has 4 N–H and O–H groups in total. The van der Waals surface area contributed by atoms with Crippen molar-refractivity contribution in [2.24, 2.45) is 5.73 Å². The molecule has 1 amide bonds. The Bertz CT molecular complexity index is 637. The SMILES string of the molecule is NCCNS(=O)(=O)c1cccc(NC(=O)C(F)(F)C(F)F)c1. The number of sulfonamides is 1. The number of benzene rings is 1. The summed E-state index contributed by atoms with van der Waals surface area (Å²) in [6.45, 7) is -0.0152. The fraction of sp³-hybridized carbons (Fsp3) is 0.364. The van der Waals surface area contributed by atoms with E-state index in [-0.39, 0.29) is 23.7 Å². The third kappa shape index (κ3) is 4.39. The first-order valence-corrected chi connectivity index (χ1v) is 7.37. The van der Waals surface area contributed by atoms with Gasteiger partial charge >= 0.3 is 18.3 Å². The Labute approximate surface area is 123 Å². The molecule has 0 saturated heterocycles. The standard InChI is InChI=1S/C11H13F4N3O3S/c12-9(13)11(14,15)10(19)18-7-2-1-3-8(6-7)22(20,21)17-5-4-16/h1-3,6,9,17H,4-5,16H2,(H,18,19). The molecular weight excluding hydrogens is 330 g/mol. The molecule has 0 radical (unpaired) electrons. The smallest absolute Gasteiger partial charge is 0.329 e. The first-order chi connectivity index (χ1) is 10.1. The Morgan fingerprint density at radius 2 is 1.95 bits per heavy atom. The van der Waals surface area contributed by atoms with Gasteiger partial charge in [0.2, 0.25) is 10.0 Å². The van der Waals surface area contributed by atoms with Gasteiger partial charge in [0, 0.05) is 18.8 Å². The van der Waals surface area contributed by atoms with Crippen LogP contribution in [0.2, 0.25) is 0 Å². The number of amides is 1. The van der Waals surface area contributed by atoms with Crippen LogP contribution < -0.4 is 15.8 Å². The van der Waals surface area contributed by atoms with Gasteiger partial charge in [0.15, 0.2) is 0 Å². The van der Waals surface area contributed by atoms with Crippen molar-refractivity contribution in [1.82, 2.24) is 4.72 Å². The van der Waals surface area contributed by atoms with E-state index in [1.165, 1.54) is 0 Å². The summed E-state index contributed by atoms with van der Waals surface area (Å²) in [6, 6.07) is 4.24. The maximum atomic E-state index is 12.8. The monoisotopic (exact) mass is 343 g/mol. The maximum absolute atomic E-state index is 12.8. The summed E-state index contributed by atoms with van der Waals surface area (Å²) in [5.41, 5.74) is 4.79. The van der Waals surface area contributed by atoms with Gasteiger partial charge in [-0.15, -0.1) is 0 Å². The quantitative estimate of drug-likeness (QED) is 0.636. The molecule has 0 spiro atoms. The van der Waals surface area contributed by atoms with Crippen molar-refractivity contribution in [2.45, 2.75) is 17.2 Å². The van der Waals surface area contributed by atoms with E-state index >= 15 is 0 Å². The Morgan fingerprint density at radius 3 is 2.50 bits per heavy atom. The highest BCUT2D eigenvalue weighted by Gasteiger charge is 2.48. The van der Waals surface area contributed by atoms with Gasteiger partial charge in [-0.2, -0.15) is 8.78 Å². The third-order valence-corrected chi connectivity index (χ3v) is 3.87. The summed E-state index contributed by atoms with van der Waals surface area (Å²) >= 11 is 0. The van der Waals surface area contributed by atoms with Crippen molar-refractivity contribution in [3.63, 3.8) is 0 Å². The van der Waals surface area contributed by atoms with Crippen molar-refractivity contribution in [3.05, 3.63) is 24.3 Å². The molecule has 0 atom stereocenters. The van der Waals surface area contributed by atoms with Crippen LogP contribution in [0.15, 0.2) is 29.2 Å². The Morgan fingerprint density at radius 1 is 1.32 bits per heavy atom. The Kier molecular flexibility index (Phi) is 5.85. The molecule has 124 valence electrons. The van der Waals surface area contributed by atoms with E-state index in [1.807, 2.05) is 0 Å². The Balaban J connectivity index is 2.96. The minimum absolute atomic E-state index is 0.0380. The second kappa shape index (κ2) is 7.03. The van der Waals surface area contributed by atoms with Crippen LogP contribution in [0.1, 0.15) is 0 Å². The zero-order valence-corrected chi connectivity index (χ0v) is 11.8. The van der Waals surface area contributed by atoms with Crippen LogP contribution in [-0.2, 0) is 14.8 Å². The second-order valence-electron chi connectivity index (χ2n) is 4.09. The van der Waals surface area contributed by atoms with Crippen molar-refractivity contribution in [2.75, 3.05) is 18.4 Å². The molecule has 0 fully saturated rings. The lowest BCUT2D eigenvalue weighted by Gasteiger charge is -2.15. The number of carbonyl (C=O) groups excluding carboxylic acids is 1. The Hall–Kier alpha value is -1.72. The second-order valence-corrected chi connectivity index (χ2v) is 5.86. The molecule has 0 heterocycles. The molecule has 0 aliphatic heterocycles. The predicted octanol–water partition coefficient (Wildman–Crippen LogP) is 0.762. The van der Waals surface area contributed by atoms with Gasteiger partial charge in [-0.3, -0.25) is 4.79 Å². The fourth-order valence-electron chi connectivity index (χ4n) is 1.33. The van der Waals surface area contributed by atoms with Crippen LogP contribution in [0, 0.1) is 0 Å². The van der Waals surface area contributed by atoms with Gasteiger partial charge in [-0.25, -0.2) is 21.9 Å². The van der Waals surface area contributed by atoms with Crippen LogP contribution in [0.4, 0.5) is 23.2 Å². The summed E-state index contributed by atoms with van der Waals surface area (Å²) in [4.78, 5) is 10.8. The minimum Gasteiger partial charge on any atom is -0.329 e. The molecule has 1 aromatic rings. The molecular formula is C11H13F4N3O3S. The lowest BCUT2D eigenvalue weighted by molar-refractivity contribution is -0.163. The van der Waals surface area contributed by atoms with Crippen LogP contribution in [0.3, 0.4) is 0 Å². The zero-order chi connectivity index (χ0) is 17.0. The topological polar surface area (TPSA) is 101 Å². The number of halogens is 4. The van der Waals surface area contributed by atoms with Gasteiger partial charge in [0.05, 0.1) is 4.90 Å². The third-order valence-electron chi connectivity index (χ3n) is 2.42. The number of hydrogen-bond donors (Lipinski definition) is 3. The van der Waals surface area contributed by atoms with Crippen LogP contribution in [0.5, 0.6) is 0 Å². The molecule has 22 heavy (non-hydrogen) atoms. The highest BCUT2D eigenvalue weighted by molar-refractivity contribution is 7.89. The summed E-state index contributed by atoms with van der Waals surface area (Å²) in [5, 5.41) is 1.55. The molecule has 1 rings (SSSR count). The average molecular weight is 343 g/mol. The number of carbonyl (C=O) groups is 1. The number of rotatable bonds is 7. The lowest BCUT2D eigenvalue weighted by atomic mass is 10.3. The minimum atomic E-state index is -4.88.